The molecular formula is C40H45N12NaO16S4. The number of nitrogens with zero attached hydrogens (tertiary/aromatic N) is 8. The molecule has 28 nitrogen and oxygen atoms in total. The molecule has 0 aliphatic carbocycles. The second-order valence-electron chi connectivity index (χ2n) is 14.7. The number of hydrogen-bond acceptors (Lipinski definition) is 24. The van der Waals surface area contributed by atoms with E-state index < -0.39 is 86.5 Å². The van der Waals surface area contributed by atoms with E-state index in [-0.39, 0.29) is 127 Å². The summed E-state index contributed by atoms with van der Waals surface area (Å²) >= 11 is 0. The Labute approximate surface area is 440 Å². The molecule has 2 aromatic heterocycles. The Morgan fingerprint density at radius 3 is 1.00 bits per heavy atom. The van der Waals surface area contributed by atoms with Gasteiger partial charge in [-0.3, -0.25) is 18.2 Å². The molecule has 0 saturated heterocycles. The quantitative estimate of drug-likeness (QED) is 0.0194. The molecule has 6 rings (SSSR count). The number of benzene rings is 4. The average Bonchev–Trinajstić information content (AvgIpc) is 3.30. The van der Waals surface area contributed by atoms with Crippen molar-refractivity contribution in [2.24, 2.45) is 0 Å². The van der Waals surface area contributed by atoms with E-state index in [1.165, 1.54) is 58.3 Å². The van der Waals surface area contributed by atoms with Crippen LogP contribution in [0.15, 0.2) is 105 Å². The van der Waals surface area contributed by atoms with Crippen LogP contribution >= 0.6 is 0 Å². The first-order valence-electron chi connectivity index (χ1n) is 20.6. The monoisotopic (exact) mass is 1100 g/mol. The van der Waals surface area contributed by atoms with Gasteiger partial charge in [0.2, 0.25) is 35.7 Å². The molecule has 0 amide bonds. The van der Waals surface area contributed by atoms with E-state index in [9.17, 15) is 72.3 Å². The minimum Gasteiger partial charge on any atom is -1.00 e. The van der Waals surface area contributed by atoms with Gasteiger partial charge in [0.1, 0.15) is 9.79 Å². The molecule has 0 aliphatic rings. The third-order valence-corrected chi connectivity index (χ3v) is 13.1. The Bertz CT molecular complexity index is 3210. The van der Waals surface area contributed by atoms with Crippen LogP contribution in [0.4, 0.5) is 58.4 Å². The number of rotatable bonds is 24. The van der Waals surface area contributed by atoms with Gasteiger partial charge in [-0.1, -0.05) is 36.4 Å². The molecule has 73 heavy (non-hydrogen) atoms. The van der Waals surface area contributed by atoms with Gasteiger partial charge in [0, 0.05) is 48.9 Å². The van der Waals surface area contributed by atoms with E-state index in [1.807, 2.05) is 0 Å². The van der Waals surface area contributed by atoms with E-state index >= 15 is 0 Å². The summed E-state index contributed by atoms with van der Waals surface area (Å²) in [6, 6.07) is 17.0. The van der Waals surface area contributed by atoms with Crippen molar-refractivity contribution in [3.05, 3.63) is 96.1 Å². The molecule has 0 aliphatic heterocycles. The van der Waals surface area contributed by atoms with Crippen molar-refractivity contribution >= 4 is 111 Å². The summed E-state index contributed by atoms with van der Waals surface area (Å²) in [5, 5.41) is 49.7. The topological polar surface area (TPSA) is 430 Å². The van der Waals surface area contributed by atoms with Crippen molar-refractivity contribution in [1.82, 2.24) is 29.9 Å². The molecule has 0 spiro atoms. The first kappa shape index (κ1) is 57.8. The van der Waals surface area contributed by atoms with Crippen molar-refractivity contribution < 1.29 is 103 Å². The number of aliphatic hydroxyl groups excluding tert-OH is 4. The van der Waals surface area contributed by atoms with Crippen LogP contribution in [0.3, 0.4) is 0 Å². The molecule has 0 fully saturated rings. The maximum atomic E-state index is 12.8. The zero-order valence-corrected chi connectivity index (χ0v) is 43.2. The van der Waals surface area contributed by atoms with Gasteiger partial charge in [0.25, 0.3) is 40.5 Å². The molecule has 0 atom stereocenters. The number of aliphatic hydroxyl groups is 4. The summed E-state index contributed by atoms with van der Waals surface area (Å²) in [6.45, 7) is -1.83. The van der Waals surface area contributed by atoms with E-state index in [1.54, 1.807) is 0 Å². The SMILES string of the molecule is O=S(=O)(O)c1cccc(Nc2nc(Nc3ccc(/C=C/c4ccc(Nc5nc(Nc6cccc(S(=O)(=O)O)c6)nc(N(CCO)CCO)n5)cc4S(=O)(=O)O)c(S(=O)(=O)O)c3)nc(N(CCO)CCO)n2)c1.[H-].[Na+]. The molecule has 386 valence electrons. The summed E-state index contributed by atoms with van der Waals surface area (Å²) < 4.78 is 138. The van der Waals surface area contributed by atoms with Crippen LogP contribution in [0.5, 0.6) is 0 Å². The minimum atomic E-state index is -5.04. The summed E-state index contributed by atoms with van der Waals surface area (Å²) in [4.78, 5) is 26.1. The van der Waals surface area contributed by atoms with Gasteiger partial charge in [0.15, 0.2) is 0 Å². The van der Waals surface area contributed by atoms with Gasteiger partial charge >= 0.3 is 29.6 Å². The largest absolute Gasteiger partial charge is 1.00 e. The van der Waals surface area contributed by atoms with Gasteiger partial charge < -0.3 is 52.9 Å². The van der Waals surface area contributed by atoms with Crippen molar-refractivity contribution in [2.75, 3.05) is 83.7 Å². The van der Waals surface area contributed by atoms with Gasteiger partial charge in [-0.15, -0.1) is 0 Å². The smallest absolute Gasteiger partial charge is 1.00 e. The zero-order chi connectivity index (χ0) is 52.4. The number of anilines is 10. The maximum Gasteiger partial charge on any atom is 1.00 e. The van der Waals surface area contributed by atoms with Crippen LogP contribution < -0.4 is 60.6 Å². The molecule has 0 bridgehead atoms. The summed E-state index contributed by atoms with van der Waals surface area (Å²) in [7, 11) is -19.3. The molecule has 0 unspecified atom stereocenters. The van der Waals surface area contributed by atoms with E-state index in [4.69, 9.17) is 0 Å². The molecule has 4 aromatic carbocycles. The fraction of sp³-hybridized carbons (Fsp3) is 0.200. The van der Waals surface area contributed by atoms with Crippen LogP contribution in [0.1, 0.15) is 12.6 Å². The van der Waals surface area contributed by atoms with Crippen LogP contribution in [-0.4, -0.2) is 155 Å². The summed E-state index contributed by atoms with van der Waals surface area (Å²) in [6.07, 6.45) is 2.25. The van der Waals surface area contributed by atoms with Crippen molar-refractivity contribution in [3.8, 4) is 0 Å². The van der Waals surface area contributed by atoms with E-state index in [2.05, 4.69) is 51.2 Å². The maximum absolute atomic E-state index is 12.8. The zero-order valence-electron chi connectivity index (χ0n) is 38.9. The van der Waals surface area contributed by atoms with Crippen LogP contribution in [0.25, 0.3) is 12.2 Å². The van der Waals surface area contributed by atoms with Gasteiger partial charge in [-0.05, 0) is 71.8 Å². The normalized spacial score (nSPS) is 12.0. The molecule has 0 radical (unpaired) electrons. The fourth-order valence-corrected chi connectivity index (χ4v) is 8.93. The summed E-state index contributed by atoms with van der Waals surface area (Å²) in [5.74, 6) is -1.18. The minimum absolute atomic E-state index is 0. The van der Waals surface area contributed by atoms with Gasteiger partial charge in [0.05, 0.1) is 36.2 Å². The second-order valence-corrected chi connectivity index (χ2v) is 20.4. The van der Waals surface area contributed by atoms with Crippen LogP contribution in [0.2, 0.25) is 0 Å². The van der Waals surface area contributed by atoms with Crippen molar-refractivity contribution in [2.45, 2.75) is 19.6 Å². The summed E-state index contributed by atoms with van der Waals surface area (Å²) in [5.41, 5.74) is -0.244. The number of aromatic nitrogens is 6. The molecule has 6 aromatic rings. The van der Waals surface area contributed by atoms with Crippen molar-refractivity contribution in [3.63, 3.8) is 0 Å². The molecular weight excluding hydrogens is 1060 g/mol. The average molecular weight is 1100 g/mol. The van der Waals surface area contributed by atoms with E-state index in [0.717, 1.165) is 48.6 Å². The molecule has 0 saturated carbocycles. The Morgan fingerprint density at radius 1 is 0.425 bits per heavy atom. The number of hydrogen-bond donors (Lipinski definition) is 12. The Morgan fingerprint density at radius 2 is 0.726 bits per heavy atom. The fourth-order valence-electron chi connectivity index (χ4n) is 6.45. The molecule has 12 N–H and O–H groups in total. The van der Waals surface area contributed by atoms with Crippen LogP contribution in [-0.2, 0) is 40.5 Å². The third kappa shape index (κ3) is 16.2. The van der Waals surface area contributed by atoms with Gasteiger partial charge in [-0.25, -0.2) is 0 Å². The molecule has 33 heteroatoms. The predicted octanol–water partition coefficient (Wildman–Crippen LogP) is -1.11. The first-order valence-corrected chi connectivity index (χ1v) is 26.3. The van der Waals surface area contributed by atoms with E-state index in [0.29, 0.717) is 0 Å². The van der Waals surface area contributed by atoms with Crippen LogP contribution in [0, 0.1) is 0 Å². The Kier molecular flexibility index (Phi) is 19.6. The second kappa shape index (κ2) is 24.8. The predicted molar refractivity (Wildman–Crippen MR) is 261 cm³/mol. The standard InChI is InChI=1S/C40H44N12O16S4.Na.H/c53-17-13-51(14-18-54)39-47-35(41-27-3-1-5-31(21-27)69(57,58)59)45-37(49-39)43-29-11-9-25(33(23-29)71(63,64)65)7-8-26-10-12-30(24-34(26)72(66,67)68)44-38-46-36(48-40(50-38)52(15-19-55)16-20-56)42-28-4-2-6-32(22-28)70(60,61)62;;/h1-12,21-24,53-56H,13-20H2,(H,57,58,59)(H,60,61,62)(H,63,64,65)(H,66,67,68)(H2,41,43,45,47,49)(H2,42,44,46,48,50);;/q;+1;-1/b8-7+;;. The first-order chi connectivity index (χ1) is 34.0. The van der Waals surface area contributed by atoms with Gasteiger partial charge in [-0.2, -0.15) is 63.6 Å². The molecule has 2 heterocycles. The third-order valence-electron chi connectivity index (χ3n) is 9.61. The van der Waals surface area contributed by atoms with Crippen molar-refractivity contribution in [1.29, 1.82) is 0 Å². The Balaban J connectivity index is 0.00000593. The Hall–Kier alpha value is -6.08. The number of nitrogens with one attached hydrogen (secondary N) is 4.